The van der Waals surface area contributed by atoms with Gasteiger partial charge in [-0.05, 0) is 24.3 Å². The molecule has 0 bridgehead atoms. The van der Waals surface area contributed by atoms with Crippen molar-refractivity contribution in [3.63, 3.8) is 0 Å². The molecule has 33 heavy (non-hydrogen) atoms. The molecule has 2 N–H and O–H groups in total. The van der Waals surface area contributed by atoms with Gasteiger partial charge in [-0.1, -0.05) is 0 Å². The number of aromatic nitrogens is 5. The highest BCUT2D eigenvalue weighted by atomic mass is 32.2. The van der Waals surface area contributed by atoms with Crippen molar-refractivity contribution < 1.29 is 35.5 Å². The number of nitrogens with one attached hydrogen (secondary N) is 2. The number of anilines is 1. The maximum Gasteiger partial charge on any atom is 0.387 e. The minimum absolute atomic E-state index is 0.0685. The Balaban J connectivity index is 1.76. The smallest absolute Gasteiger partial charge is 0.387 e. The second-order valence-corrected chi connectivity index (χ2v) is 8.32. The highest BCUT2D eigenvalue weighted by molar-refractivity contribution is 7.91. The van der Waals surface area contributed by atoms with E-state index in [4.69, 9.17) is 0 Å². The van der Waals surface area contributed by atoms with Gasteiger partial charge in [-0.3, -0.25) is 9.89 Å². The fourth-order valence-electron chi connectivity index (χ4n) is 2.95. The molecule has 0 atom stereocenters. The third kappa shape index (κ3) is 4.21. The molecule has 0 spiro atoms. The van der Waals surface area contributed by atoms with Crippen molar-refractivity contribution in [1.82, 2.24) is 24.8 Å². The Kier molecular flexibility index (Phi) is 5.71. The highest BCUT2D eigenvalue weighted by Gasteiger charge is 2.29. The van der Waals surface area contributed by atoms with Crippen LogP contribution >= 0.6 is 0 Å². The van der Waals surface area contributed by atoms with Crippen molar-refractivity contribution in [2.75, 3.05) is 5.32 Å². The normalized spacial score (nSPS) is 11.9. The van der Waals surface area contributed by atoms with Crippen LogP contribution in [-0.2, 0) is 9.84 Å². The molecular weight excluding hydrogens is 472 g/mol. The Bertz CT molecular complexity index is 1440. The summed E-state index contributed by atoms with van der Waals surface area (Å²) in [5, 5.41) is 12.6. The zero-order valence-electron chi connectivity index (χ0n) is 16.1. The van der Waals surface area contributed by atoms with E-state index in [2.05, 4.69) is 30.3 Å². The van der Waals surface area contributed by atoms with E-state index in [0.717, 1.165) is 18.3 Å². The van der Waals surface area contributed by atoms with Gasteiger partial charge in [0.15, 0.2) is 5.65 Å². The van der Waals surface area contributed by atoms with Crippen molar-refractivity contribution in [2.45, 2.75) is 17.3 Å². The molecule has 0 radical (unpaired) electrons. The predicted octanol–water partition coefficient (Wildman–Crippen LogP) is 2.97. The third-order valence-corrected chi connectivity index (χ3v) is 5.79. The summed E-state index contributed by atoms with van der Waals surface area (Å²) in [6, 6.07) is 3.83. The van der Waals surface area contributed by atoms with Crippen molar-refractivity contribution in [3.8, 4) is 17.0 Å². The minimum Gasteiger partial charge on any atom is -0.434 e. The first-order chi connectivity index (χ1) is 15.7. The SMILES string of the molecule is O=C(Nc1cn[nH]c1-c1cc(S(=O)(=O)C(F)F)ccc1OC(F)F)c1cnn2cccnc12. The standard InChI is InChI=1S/C18H12F4N6O4S/c19-17(20)32-13-3-2-9(33(30,31)18(21)22)6-10(13)14-12(8-24-27-14)26-16(29)11-7-25-28-5-1-4-23-15(11)28/h1-8,17-18H,(H,24,27)(H,26,29). The van der Waals surface area contributed by atoms with E-state index in [-0.39, 0.29) is 28.2 Å². The van der Waals surface area contributed by atoms with E-state index in [0.29, 0.717) is 6.07 Å². The minimum atomic E-state index is -5.05. The zero-order valence-corrected chi connectivity index (χ0v) is 16.9. The Morgan fingerprint density at radius 3 is 2.70 bits per heavy atom. The summed E-state index contributed by atoms with van der Waals surface area (Å²) in [7, 11) is -5.05. The number of sulfone groups is 1. The Morgan fingerprint density at radius 1 is 1.18 bits per heavy atom. The van der Waals surface area contributed by atoms with Gasteiger partial charge in [-0.15, -0.1) is 0 Å². The van der Waals surface area contributed by atoms with E-state index in [1.165, 1.54) is 16.9 Å². The van der Waals surface area contributed by atoms with Gasteiger partial charge in [0.25, 0.3) is 5.91 Å². The molecule has 0 saturated carbocycles. The van der Waals surface area contributed by atoms with Crippen LogP contribution in [0.4, 0.5) is 23.2 Å². The number of carbonyl (C=O) groups is 1. The summed E-state index contributed by atoms with van der Waals surface area (Å²) in [4.78, 5) is 16.0. The molecule has 172 valence electrons. The molecule has 4 aromatic rings. The number of rotatable bonds is 7. The molecule has 0 aliphatic heterocycles. The topological polar surface area (TPSA) is 131 Å². The van der Waals surface area contributed by atoms with Crippen molar-refractivity contribution in [3.05, 3.63) is 54.6 Å². The molecule has 0 aliphatic carbocycles. The number of fused-ring (bicyclic) bond motifs is 1. The summed E-state index contributed by atoms with van der Waals surface area (Å²) < 4.78 is 81.2. The van der Waals surface area contributed by atoms with E-state index in [1.807, 2.05) is 0 Å². The maximum atomic E-state index is 13.0. The molecule has 0 fully saturated rings. The molecule has 10 nitrogen and oxygen atoms in total. The second kappa shape index (κ2) is 8.50. The monoisotopic (exact) mass is 484 g/mol. The highest BCUT2D eigenvalue weighted by Crippen LogP contribution is 2.37. The lowest BCUT2D eigenvalue weighted by atomic mass is 10.1. The number of hydrogen-bond acceptors (Lipinski definition) is 7. The molecule has 0 saturated heterocycles. The van der Waals surface area contributed by atoms with E-state index < -0.39 is 38.8 Å². The van der Waals surface area contributed by atoms with Crippen LogP contribution in [0.15, 0.2) is 53.9 Å². The van der Waals surface area contributed by atoms with Gasteiger partial charge in [0, 0.05) is 18.0 Å². The van der Waals surface area contributed by atoms with Crippen molar-refractivity contribution in [1.29, 1.82) is 0 Å². The van der Waals surface area contributed by atoms with Gasteiger partial charge in [0.05, 0.1) is 28.7 Å². The molecule has 15 heteroatoms. The number of carbonyl (C=O) groups excluding carboxylic acids is 1. The zero-order chi connectivity index (χ0) is 23.8. The number of amides is 1. The number of alkyl halides is 4. The van der Waals surface area contributed by atoms with Gasteiger partial charge in [-0.25, -0.2) is 17.9 Å². The summed E-state index contributed by atoms with van der Waals surface area (Å²) in [5.74, 6) is -4.97. The molecule has 4 rings (SSSR count). The molecule has 1 amide bonds. The second-order valence-electron chi connectivity index (χ2n) is 6.40. The average molecular weight is 484 g/mol. The predicted molar refractivity (Wildman–Crippen MR) is 105 cm³/mol. The number of H-pyrrole nitrogens is 1. The Labute approximate surface area is 182 Å². The molecular formula is C18H12F4N6O4S. The van der Waals surface area contributed by atoms with Gasteiger partial charge >= 0.3 is 12.4 Å². The number of nitrogens with zero attached hydrogens (tertiary/aromatic N) is 4. The summed E-state index contributed by atoms with van der Waals surface area (Å²) in [5.41, 5.74) is -0.272. The van der Waals surface area contributed by atoms with Crippen LogP contribution < -0.4 is 10.1 Å². The van der Waals surface area contributed by atoms with Gasteiger partial charge in [0.1, 0.15) is 11.3 Å². The summed E-state index contributed by atoms with van der Waals surface area (Å²) in [6.07, 6.45) is 5.37. The molecule has 1 aromatic carbocycles. The van der Waals surface area contributed by atoms with Gasteiger partial charge < -0.3 is 10.1 Å². The van der Waals surface area contributed by atoms with Crippen LogP contribution in [-0.4, -0.2) is 51.5 Å². The first-order valence-corrected chi connectivity index (χ1v) is 10.5. The number of benzene rings is 1. The van der Waals surface area contributed by atoms with E-state index in [9.17, 15) is 30.8 Å². The maximum absolute atomic E-state index is 13.0. The van der Waals surface area contributed by atoms with Crippen LogP contribution in [0, 0.1) is 0 Å². The number of hydrogen-bond donors (Lipinski definition) is 2. The molecule has 3 heterocycles. The third-order valence-electron chi connectivity index (χ3n) is 4.41. The number of ether oxygens (including phenoxy) is 1. The number of halogens is 4. The van der Waals surface area contributed by atoms with Crippen LogP contribution in [0.3, 0.4) is 0 Å². The fourth-order valence-corrected chi connectivity index (χ4v) is 3.69. The first kappa shape index (κ1) is 22.2. The van der Waals surface area contributed by atoms with Gasteiger partial charge in [-0.2, -0.15) is 27.8 Å². The van der Waals surface area contributed by atoms with Crippen LogP contribution in [0.1, 0.15) is 10.4 Å². The van der Waals surface area contributed by atoms with Crippen LogP contribution in [0.2, 0.25) is 0 Å². The van der Waals surface area contributed by atoms with E-state index in [1.54, 1.807) is 12.3 Å². The molecule has 3 aromatic heterocycles. The largest absolute Gasteiger partial charge is 0.434 e. The lowest BCUT2D eigenvalue weighted by molar-refractivity contribution is -0.0494. The van der Waals surface area contributed by atoms with E-state index >= 15 is 0 Å². The summed E-state index contributed by atoms with van der Waals surface area (Å²) in [6.45, 7) is -3.30. The first-order valence-electron chi connectivity index (χ1n) is 8.93. The Hall–Kier alpha value is -4.01. The molecule has 0 unspecified atom stereocenters. The average Bonchev–Trinajstić information content (AvgIpc) is 3.40. The Morgan fingerprint density at radius 2 is 1.97 bits per heavy atom. The van der Waals surface area contributed by atoms with Crippen molar-refractivity contribution in [2.24, 2.45) is 0 Å². The lowest BCUT2D eigenvalue weighted by Gasteiger charge is -2.13. The van der Waals surface area contributed by atoms with Crippen LogP contribution in [0.25, 0.3) is 16.9 Å². The van der Waals surface area contributed by atoms with Gasteiger partial charge in [0.2, 0.25) is 9.84 Å². The van der Waals surface area contributed by atoms with Crippen LogP contribution in [0.5, 0.6) is 5.75 Å². The molecule has 0 aliphatic rings. The quantitative estimate of drug-likeness (QED) is 0.386. The summed E-state index contributed by atoms with van der Waals surface area (Å²) >= 11 is 0. The fraction of sp³-hybridized carbons (Fsp3) is 0.111. The van der Waals surface area contributed by atoms with Crippen molar-refractivity contribution >= 4 is 27.1 Å². The number of aromatic amines is 1. The lowest BCUT2D eigenvalue weighted by Crippen LogP contribution is -2.13.